The first-order chi connectivity index (χ1) is 13.9. The summed E-state index contributed by atoms with van der Waals surface area (Å²) < 4.78 is 99.6. The number of anilines is 1. The average Bonchev–Trinajstić information content (AvgIpc) is 3.01. The van der Waals surface area contributed by atoms with E-state index in [0.717, 1.165) is 18.2 Å². The number of likely N-dealkylation sites (tertiary alicyclic amines) is 1. The first kappa shape index (κ1) is 22.8. The first-order valence-electron chi connectivity index (χ1n) is 8.60. The van der Waals surface area contributed by atoms with Gasteiger partial charge in [-0.25, -0.2) is 17.2 Å². The molecule has 1 aliphatic heterocycles. The van der Waals surface area contributed by atoms with E-state index in [2.05, 4.69) is 15.9 Å². The maximum absolute atomic E-state index is 14.0. The molecular formula is C18H16BrF5N2O3S. The Balaban J connectivity index is 1.94. The molecule has 30 heavy (non-hydrogen) atoms. The predicted octanol–water partition coefficient (Wildman–Crippen LogP) is 4.63. The zero-order chi connectivity index (χ0) is 22.3. The SMILES string of the molecule is CN1CC[C@@H](Oc2cc(NS(=O)(=O)c3cc(Br)c(F)cc3F)ccc2C(F)(F)F)C1. The number of hydrogen-bond acceptors (Lipinski definition) is 4. The van der Waals surface area contributed by atoms with Crippen LogP contribution in [0.3, 0.4) is 0 Å². The van der Waals surface area contributed by atoms with E-state index in [9.17, 15) is 30.4 Å². The number of halogens is 6. The van der Waals surface area contributed by atoms with Gasteiger partial charge < -0.3 is 9.64 Å². The van der Waals surface area contributed by atoms with Crippen LogP contribution in [-0.4, -0.2) is 39.6 Å². The number of benzene rings is 2. The summed E-state index contributed by atoms with van der Waals surface area (Å²) in [5.74, 6) is -2.89. The summed E-state index contributed by atoms with van der Waals surface area (Å²) in [5, 5.41) is 0. The third kappa shape index (κ3) is 5.03. The molecule has 2 aromatic rings. The highest BCUT2D eigenvalue weighted by Crippen LogP contribution is 2.39. The lowest BCUT2D eigenvalue weighted by Gasteiger charge is -2.19. The number of ether oxygens (including phenoxy) is 1. The van der Waals surface area contributed by atoms with Crippen molar-refractivity contribution >= 4 is 31.6 Å². The van der Waals surface area contributed by atoms with Crippen LogP contribution in [0.4, 0.5) is 27.6 Å². The molecule has 0 amide bonds. The number of likely N-dealkylation sites (N-methyl/N-ethyl adjacent to an activating group) is 1. The summed E-state index contributed by atoms with van der Waals surface area (Å²) in [5.41, 5.74) is -1.32. The number of alkyl halides is 3. The lowest BCUT2D eigenvalue weighted by Crippen LogP contribution is -2.23. The van der Waals surface area contributed by atoms with Gasteiger partial charge in [0, 0.05) is 25.2 Å². The highest BCUT2D eigenvalue weighted by Gasteiger charge is 2.36. The van der Waals surface area contributed by atoms with Gasteiger partial charge in [0.25, 0.3) is 10.0 Å². The van der Waals surface area contributed by atoms with E-state index in [4.69, 9.17) is 4.74 Å². The summed E-state index contributed by atoms with van der Waals surface area (Å²) in [6.07, 6.45) is -4.70. The summed E-state index contributed by atoms with van der Waals surface area (Å²) in [6.45, 7) is 1.07. The molecule has 1 saturated heterocycles. The van der Waals surface area contributed by atoms with Crippen molar-refractivity contribution in [3.05, 3.63) is 52.0 Å². The number of nitrogens with one attached hydrogen (secondary N) is 1. The zero-order valence-corrected chi connectivity index (χ0v) is 17.8. The molecule has 0 radical (unpaired) electrons. The maximum atomic E-state index is 14.0. The van der Waals surface area contributed by atoms with Crippen LogP contribution >= 0.6 is 15.9 Å². The Bertz CT molecular complexity index is 1060. The topological polar surface area (TPSA) is 58.6 Å². The largest absolute Gasteiger partial charge is 0.488 e. The molecule has 164 valence electrons. The minimum atomic E-state index is -4.72. The Hall–Kier alpha value is -1.92. The molecular weight excluding hydrogens is 499 g/mol. The van der Waals surface area contributed by atoms with Gasteiger partial charge in [-0.2, -0.15) is 13.2 Å². The molecule has 12 heteroatoms. The molecule has 2 aromatic carbocycles. The normalized spacial score (nSPS) is 17.9. The van der Waals surface area contributed by atoms with Gasteiger partial charge in [0.05, 0.1) is 15.7 Å². The molecule has 1 fully saturated rings. The van der Waals surface area contributed by atoms with Crippen molar-refractivity contribution in [1.82, 2.24) is 4.90 Å². The standard InChI is InChI=1S/C18H16BrF5N2O3S/c1-26-5-4-11(9-26)29-16-6-10(2-3-12(16)18(22,23)24)25-30(27,28)17-7-13(19)14(20)8-15(17)21/h2-3,6-8,11,25H,4-5,9H2,1H3/t11-/m1/s1. The van der Waals surface area contributed by atoms with Gasteiger partial charge in [0.15, 0.2) is 0 Å². The van der Waals surface area contributed by atoms with E-state index in [-0.39, 0.29) is 10.2 Å². The molecule has 0 bridgehead atoms. The monoisotopic (exact) mass is 514 g/mol. The van der Waals surface area contributed by atoms with E-state index in [1.807, 2.05) is 9.62 Å². The second-order valence-corrected chi connectivity index (χ2v) is 9.31. The van der Waals surface area contributed by atoms with Gasteiger partial charge in [-0.1, -0.05) is 0 Å². The highest BCUT2D eigenvalue weighted by atomic mass is 79.9. The molecule has 1 atom stereocenters. The molecule has 1 heterocycles. The fraction of sp³-hybridized carbons (Fsp3) is 0.333. The molecule has 0 aromatic heterocycles. The van der Waals surface area contributed by atoms with Crippen LogP contribution in [0.25, 0.3) is 0 Å². The van der Waals surface area contributed by atoms with Gasteiger partial charge in [-0.3, -0.25) is 4.72 Å². The Labute approximate surface area is 178 Å². The fourth-order valence-electron chi connectivity index (χ4n) is 3.01. The van der Waals surface area contributed by atoms with Crippen molar-refractivity contribution in [2.75, 3.05) is 24.9 Å². The average molecular weight is 515 g/mol. The number of hydrogen-bond donors (Lipinski definition) is 1. The van der Waals surface area contributed by atoms with Crippen LogP contribution in [0.5, 0.6) is 5.75 Å². The van der Waals surface area contributed by atoms with Gasteiger partial charge >= 0.3 is 6.18 Å². The molecule has 0 spiro atoms. The highest BCUT2D eigenvalue weighted by molar-refractivity contribution is 9.10. The van der Waals surface area contributed by atoms with Crippen LogP contribution in [0.2, 0.25) is 0 Å². The lowest BCUT2D eigenvalue weighted by atomic mass is 10.1. The minimum Gasteiger partial charge on any atom is -0.488 e. The Morgan fingerprint density at radius 2 is 1.87 bits per heavy atom. The van der Waals surface area contributed by atoms with E-state index in [0.29, 0.717) is 31.6 Å². The number of rotatable bonds is 5. The van der Waals surface area contributed by atoms with E-state index >= 15 is 0 Å². The van der Waals surface area contributed by atoms with E-state index in [1.54, 1.807) is 7.05 Å². The van der Waals surface area contributed by atoms with Crippen LogP contribution in [0.15, 0.2) is 39.7 Å². The Morgan fingerprint density at radius 1 is 1.17 bits per heavy atom. The molecule has 0 aliphatic carbocycles. The summed E-state index contributed by atoms with van der Waals surface area (Å²) in [7, 11) is -2.75. The van der Waals surface area contributed by atoms with Crippen LogP contribution < -0.4 is 9.46 Å². The van der Waals surface area contributed by atoms with Gasteiger partial charge in [-0.05, 0) is 47.6 Å². The quantitative estimate of drug-likeness (QED) is 0.466. The third-order valence-corrected chi connectivity index (χ3v) is 6.45. The van der Waals surface area contributed by atoms with Crippen molar-refractivity contribution in [3.8, 4) is 5.75 Å². The number of nitrogens with zero attached hydrogens (tertiary/aromatic N) is 1. The molecule has 1 aliphatic rings. The van der Waals surface area contributed by atoms with E-state index < -0.39 is 50.1 Å². The number of sulfonamides is 1. The van der Waals surface area contributed by atoms with E-state index in [1.165, 1.54) is 0 Å². The smallest absolute Gasteiger partial charge is 0.419 e. The maximum Gasteiger partial charge on any atom is 0.419 e. The molecule has 0 unspecified atom stereocenters. The van der Waals surface area contributed by atoms with Gasteiger partial charge in [0.2, 0.25) is 0 Å². The third-order valence-electron chi connectivity index (χ3n) is 4.45. The summed E-state index contributed by atoms with van der Waals surface area (Å²) in [4.78, 5) is 1.02. The molecule has 5 nitrogen and oxygen atoms in total. The second-order valence-electron chi connectivity index (χ2n) is 6.80. The lowest BCUT2D eigenvalue weighted by molar-refractivity contribution is -0.139. The Morgan fingerprint density at radius 3 is 2.47 bits per heavy atom. The van der Waals surface area contributed by atoms with Crippen molar-refractivity contribution in [2.45, 2.75) is 23.6 Å². The van der Waals surface area contributed by atoms with Crippen LogP contribution in [0.1, 0.15) is 12.0 Å². The predicted molar refractivity (Wildman–Crippen MR) is 103 cm³/mol. The summed E-state index contributed by atoms with van der Waals surface area (Å²) >= 11 is 2.77. The Kier molecular flexibility index (Phi) is 6.30. The van der Waals surface area contributed by atoms with Crippen molar-refractivity contribution in [2.24, 2.45) is 0 Å². The summed E-state index contributed by atoms with van der Waals surface area (Å²) in [6, 6.07) is 3.59. The molecule has 1 N–H and O–H groups in total. The van der Waals surface area contributed by atoms with Crippen molar-refractivity contribution in [3.63, 3.8) is 0 Å². The van der Waals surface area contributed by atoms with Crippen LogP contribution in [0, 0.1) is 11.6 Å². The zero-order valence-electron chi connectivity index (χ0n) is 15.4. The fourth-order valence-corrected chi connectivity index (χ4v) is 4.64. The second kappa shape index (κ2) is 8.31. The van der Waals surface area contributed by atoms with Gasteiger partial charge in [-0.15, -0.1) is 0 Å². The molecule has 3 rings (SSSR count). The molecule has 0 saturated carbocycles. The van der Waals surface area contributed by atoms with Crippen LogP contribution in [-0.2, 0) is 16.2 Å². The van der Waals surface area contributed by atoms with Crippen molar-refractivity contribution in [1.29, 1.82) is 0 Å². The minimum absolute atomic E-state index is 0.260. The van der Waals surface area contributed by atoms with Gasteiger partial charge in [0.1, 0.15) is 28.4 Å². The van der Waals surface area contributed by atoms with Crippen molar-refractivity contribution < 1.29 is 35.1 Å². The first-order valence-corrected chi connectivity index (χ1v) is 10.9.